The van der Waals surface area contributed by atoms with Gasteiger partial charge in [0.15, 0.2) is 0 Å². The van der Waals surface area contributed by atoms with Gasteiger partial charge in [-0.25, -0.2) is 0 Å². The Morgan fingerprint density at radius 2 is 0.875 bits per heavy atom. The Kier molecular flexibility index (Phi) is 6.75. The first-order valence-corrected chi connectivity index (χ1v) is 20.0. The molecule has 0 amide bonds. The standard InChI is InChI=1S/C54H39NO/c1-2-15-36(16-3-1)38-17-7-12-25-48(38)55(49-26-14-28-51-52(49)43-21-8-13-27-50(43)56-51)37-29-30-42-41-20-6-11-24-46(41)54(47(42)35-37)33-31-53(32-34-54)44-22-9-4-18-39(44)40-19-5-10-23-45(40)53/h1-30,35H,31-34H2. The molecule has 0 unspecified atom stereocenters. The van der Waals surface area contributed by atoms with Crippen molar-refractivity contribution in [3.63, 3.8) is 0 Å². The number of hydrogen-bond acceptors (Lipinski definition) is 2. The van der Waals surface area contributed by atoms with Gasteiger partial charge >= 0.3 is 0 Å². The molecule has 0 bridgehead atoms. The van der Waals surface area contributed by atoms with E-state index in [0.29, 0.717) is 0 Å². The summed E-state index contributed by atoms with van der Waals surface area (Å²) in [5, 5.41) is 2.25. The second-order valence-corrected chi connectivity index (χ2v) is 16.0. The summed E-state index contributed by atoms with van der Waals surface area (Å²) in [4.78, 5) is 2.50. The molecule has 0 atom stereocenters. The molecule has 0 radical (unpaired) electrons. The van der Waals surface area contributed by atoms with Crippen LogP contribution in [0.5, 0.6) is 0 Å². The molecule has 1 aromatic heterocycles. The van der Waals surface area contributed by atoms with Crippen LogP contribution in [-0.4, -0.2) is 0 Å². The first kappa shape index (κ1) is 31.7. The predicted molar refractivity (Wildman–Crippen MR) is 231 cm³/mol. The lowest BCUT2D eigenvalue weighted by molar-refractivity contribution is 0.265. The number of benzene rings is 8. The van der Waals surface area contributed by atoms with E-state index in [4.69, 9.17) is 4.42 Å². The summed E-state index contributed by atoms with van der Waals surface area (Å²) in [5.74, 6) is 0. The van der Waals surface area contributed by atoms with Gasteiger partial charge in [-0.05, 0) is 112 Å². The van der Waals surface area contributed by atoms with Crippen molar-refractivity contribution < 1.29 is 4.42 Å². The highest BCUT2D eigenvalue weighted by atomic mass is 16.3. The van der Waals surface area contributed by atoms with Gasteiger partial charge < -0.3 is 9.32 Å². The summed E-state index contributed by atoms with van der Waals surface area (Å²) < 4.78 is 6.51. The fraction of sp³-hybridized carbons (Fsp3) is 0.111. The van der Waals surface area contributed by atoms with Gasteiger partial charge in [0, 0.05) is 27.5 Å². The van der Waals surface area contributed by atoms with E-state index in [-0.39, 0.29) is 10.8 Å². The molecule has 3 aliphatic rings. The van der Waals surface area contributed by atoms with E-state index < -0.39 is 0 Å². The van der Waals surface area contributed by atoms with Crippen molar-refractivity contribution in [2.45, 2.75) is 36.5 Å². The van der Waals surface area contributed by atoms with Gasteiger partial charge in [0.2, 0.25) is 0 Å². The summed E-state index contributed by atoms with van der Waals surface area (Å²) in [7, 11) is 0. The van der Waals surface area contributed by atoms with Crippen LogP contribution in [0, 0.1) is 0 Å². The minimum atomic E-state index is -0.0847. The predicted octanol–water partition coefficient (Wildman–Crippen LogP) is 14.5. The van der Waals surface area contributed by atoms with Gasteiger partial charge in [-0.2, -0.15) is 0 Å². The third kappa shape index (κ3) is 4.33. The Balaban J connectivity index is 1.07. The molecule has 9 aromatic rings. The van der Waals surface area contributed by atoms with Crippen LogP contribution in [0.2, 0.25) is 0 Å². The van der Waals surface area contributed by atoms with E-state index in [1.54, 1.807) is 0 Å². The van der Waals surface area contributed by atoms with Crippen molar-refractivity contribution in [2.24, 2.45) is 0 Å². The molecule has 56 heavy (non-hydrogen) atoms. The fourth-order valence-corrected chi connectivity index (χ4v) is 11.1. The third-order valence-corrected chi connectivity index (χ3v) is 13.5. The van der Waals surface area contributed by atoms with E-state index >= 15 is 0 Å². The van der Waals surface area contributed by atoms with Crippen molar-refractivity contribution >= 4 is 39.0 Å². The number of fused-ring (bicyclic) bond motifs is 13. The Hall–Kier alpha value is -6.64. The second kappa shape index (κ2) is 11.9. The average molecular weight is 718 g/mol. The van der Waals surface area contributed by atoms with Crippen LogP contribution in [0.15, 0.2) is 192 Å². The highest BCUT2D eigenvalue weighted by Gasteiger charge is 2.53. The molecule has 12 rings (SSSR count). The summed E-state index contributed by atoms with van der Waals surface area (Å²) >= 11 is 0. The maximum Gasteiger partial charge on any atom is 0.137 e. The monoisotopic (exact) mass is 717 g/mol. The van der Waals surface area contributed by atoms with Crippen LogP contribution in [-0.2, 0) is 10.8 Å². The Morgan fingerprint density at radius 3 is 1.55 bits per heavy atom. The van der Waals surface area contributed by atoms with Crippen molar-refractivity contribution in [3.8, 4) is 33.4 Å². The van der Waals surface area contributed by atoms with Gasteiger partial charge in [0.25, 0.3) is 0 Å². The molecule has 1 fully saturated rings. The van der Waals surface area contributed by atoms with Crippen LogP contribution >= 0.6 is 0 Å². The highest BCUT2D eigenvalue weighted by molar-refractivity contribution is 6.14. The van der Waals surface area contributed by atoms with Gasteiger partial charge in [0.1, 0.15) is 11.2 Å². The molecule has 1 heterocycles. The maximum atomic E-state index is 6.51. The van der Waals surface area contributed by atoms with E-state index in [0.717, 1.165) is 64.7 Å². The Morgan fingerprint density at radius 1 is 0.375 bits per heavy atom. The zero-order chi connectivity index (χ0) is 36.8. The van der Waals surface area contributed by atoms with Crippen molar-refractivity contribution in [1.29, 1.82) is 0 Å². The minimum Gasteiger partial charge on any atom is -0.456 e. The lowest BCUT2D eigenvalue weighted by atomic mass is 9.57. The lowest BCUT2D eigenvalue weighted by Crippen LogP contribution is -2.39. The van der Waals surface area contributed by atoms with E-state index in [2.05, 4.69) is 193 Å². The highest BCUT2D eigenvalue weighted by Crippen LogP contribution is 2.64. The fourth-order valence-electron chi connectivity index (χ4n) is 11.1. The number of furan rings is 1. The molecule has 3 aliphatic carbocycles. The molecule has 2 nitrogen and oxygen atoms in total. The topological polar surface area (TPSA) is 16.4 Å². The summed E-state index contributed by atoms with van der Waals surface area (Å²) in [6.45, 7) is 0. The Labute approximate surface area is 327 Å². The first-order chi connectivity index (χ1) is 27.7. The zero-order valence-electron chi connectivity index (χ0n) is 31.1. The lowest BCUT2D eigenvalue weighted by Gasteiger charge is -2.45. The van der Waals surface area contributed by atoms with E-state index in [1.807, 2.05) is 0 Å². The normalized spacial score (nSPS) is 15.5. The van der Waals surface area contributed by atoms with E-state index in [9.17, 15) is 0 Å². The molecule has 2 heteroatoms. The summed E-state index contributed by atoms with van der Waals surface area (Å²) in [6, 6.07) is 69.6. The number of para-hydroxylation sites is 2. The number of nitrogens with zero attached hydrogens (tertiary/aromatic N) is 1. The number of rotatable bonds is 4. The average Bonchev–Trinajstić information content (AvgIpc) is 3.88. The quantitative estimate of drug-likeness (QED) is 0.180. The summed E-state index contributed by atoms with van der Waals surface area (Å²) in [5.41, 5.74) is 19.1. The van der Waals surface area contributed by atoms with Crippen LogP contribution < -0.4 is 4.90 Å². The molecule has 266 valence electrons. The molecule has 0 aliphatic heterocycles. The zero-order valence-corrected chi connectivity index (χ0v) is 31.1. The molecule has 0 N–H and O–H groups in total. The molecule has 2 spiro atoms. The molecule has 0 saturated heterocycles. The van der Waals surface area contributed by atoms with Crippen molar-refractivity contribution in [3.05, 3.63) is 210 Å². The minimum absolute atomic E-state index is 0.0341. The van der Waals surface area contributed by atoms with Crippen LogP contribution in [0.1, 0.15) is 47.9 Å². The molecule has 8 aromatic carbocycles. The van der Waals surface area contributed by atoms with Gasteiger partial charge in [-0.1, -0.05) is 152 Å². The van der Waals surface area contributed by atoms with Gasteiger partial charge in [-0.15, -0.1) is 0 Å². The van der Waals surface area contributed by atoms with Crippen LogP contribution in [0.25, 0.3) is 55.3 Å². The molecular weight excluding hydrogens is 679 g/mol. The second-order valence-electron chi connectivity index (χ2n) is 16.0. The number of anilines is 3. The van der Waals surface area contributed by atoms with Crippen molar-refractivity contribution in [1.82, 2.24) is 0 Å². The van der Waals surface area contributed by atoms with E-state index in [1.165, 1.54) is 55.6 Å². The molecule has 1 saturated carbocycles. The SMILES string of the molecule is c1ccc(-c2ccccc2N(c2ccc3c(c2)C2(CCC4(CC2)c2ccccc2-c2ccccc24)c2ccccc2-3)c2cccc3oc4ccccc4c23)cc1. The van der Waals surface area contributed by atoms with Crippen molar-refractivity contribution in [2.75, 3.05) is 4.90 Å². The maximum absolute atomic E-state index is 6.51. The third-order valence-electron chi connectivity index (χ3n) is 13.5. The van der Waals surface area contributed by atoms with Crippen LogP contribution in [0.3, 0.4) is 0 Å². The molecular formula is C54H39NO. The summed E-state index contributed by atoms with van der Waals surface area (Å²) in [6.07, 6.45) is 4.40. The van der Waals surface area contributed by atoms with Crippen LogP contribution in [0.4, 0.5) is 17.1 Å². The smallest absolute Gasteiger partial charge is 0.137 e. The van der Waals surface area contributed by atoms with Gasteiger partial charge in [0.05, 0.1) is 16.8 Å². The number of hydrogen-bond donors (Lipinski definition) is 0. The van der Waals surface area contributed by atoms with Gasteiger partial charge in [-0.3, -0.25) is 0 Å². The Bertz CT molecular complexity index is 2950. The first-order valence-electron chi connectivity index (χ1n) is 20.0. The largest absolute Gasteiger partial charge is 0.456 e.